The van der Waals surface area contributed by atoms with Gasteiger partial charge in [0.25, 0.3) is 0 Å². The van der Waals surface area contributed by atoms with E-state index in [4.69, 9.17) is 9.84 Å². The maximum absolute atomic E-state index is 10.6. The van der Waals surface area contributed by atoms with Gasteiger partial charge in [0, 0.05) is 6.08 Å². The third-order valence-electron chi connectivity index (χ3n) is 3.60. The normalized spacial score (nSPS) is 19.1. The van der Waals surface area contributed by atoms with Gasteiger partial charge in [0.1, 0.15) is 5.75 Å². The van der Waals surface area contributed by atoms with Crippen LogP contribution >= 0.6 is 0 Å². The topological polar surface area (TPSA) is 46.5 Å². The monoisotopic (exact) mass is 260 g/mol. The van der Waals surface area contributed by atoms with Crippen molar-refractivity contribution in [3.8, 4) is 5.75 Å². The van der Waals surface area contributed by atoms with Crippen LogP contribution in [0.3, 0.4) is 0 Å². The number of benzene rings is 1. The number of aryl methyl sites for hydroxylation is 2. The highest BCUT2D eigenvalue weighted by atomic mass is 16.5. The zero-order chi connectivity index (χ0) is 13.8. The Morgan fingerprint density at radius 1 is 1.26 bits per heavy atom. The SMILES string of the molecule is Cc1cccc(C)c1OC1CCC(=CC(=O)O)CC1. The Hall–Kier alpha value is -1.77. The number of ether oxygens (including phenoxy) is 1. The van der Waals surface area contributed by atoms with Gasteiger partial charge in [-0.3, -0.25) is 0 Å². The van der Waals surface area contributed by atoms with Crippen molar-refractivity contribution in [3.63, 3.8) is 0 Å². The molecule has 3 nitrogen and oxygen atoms in total. The predicted molar refractivity (Wildman–Crippen MR) is 74.5 cm³/mol. The molecule has 0 bridgehead atoms. The number of aliphatic carboxylic acids is 1. The number of carbonyl (C=O) groups is 1. The number of carboxylic acid groups (broad SMARTS) is 1. The van der Waals surface area contributed by atoms with Crippen LogP contribution in [-0.4, -0.2) is 17.2 Å². The Labute approximate surface area is 113 Å². The number of para-hydroxylation sites is 1. The summed E-state index contributed by atoms with van der Waals surface area (Å²) in [7, 11) is 0. The first-order chi connectivity index (χ1) is 9.06. The Morgan fingerprint density at radius 2 is 1.84 bits per heavy atom. The van der Waals surface area contributed by atoms with Crippen LogP contribution in [-0.2, 0) is 4.79 Å². The van der Waals surface area contributed by atoms with E-state index in [0.29, 0.717) is 0 Å². The van der Waals surface area contributed by atoms with Gasteiger partial charge in [-0.05, 0) is 50.7 Å². The number of hydrogen-bond acceptors (Lipinski definition) is 2. The largest absolute Gasteiger partial charge is 0.490 e. The summed E-state index contributed by atoms with van der Waals surface area (Å²) in [5, 5.41) is 8.73. The molecule has 1 aromatic rings. The van der Waals surface area contributed by atoms with Gasteiger partial charge in [-0.1, -0.05) is 23.8 Å². The highest BCUT2D eigenvalue weighted by Gasteiger charge is 2.19. The second kappa shape index (κ2) is 5.91. The Balaban J connectivity index is 1.98. The van der Waals surface area contributed by atoms with Gasteiger partial charge in [-0.15, -0.1) is 0 Å². The van der Waals surface area contributed by atoms with E-state index in [2.05, 4.69) is 26.0 Å². The van der Waals surface area contributed by atoms with Crippen LogP contribution in [0.15, 0.2) is 29.8 Å². The minimum Gasteiger partial charge on any atom is -0.490 e. The van der Waals surface area contributed by atoms with Crippen molar-refractivity contribution in [1.82, 2.24) is 0 Å². The summed E-state index contributed by atoms with van der Waals surface area (Å²) in [5.74, 6) is 0.141. The summed E-state index contributed by atoms with van der Waals surface area (Å²) in [6.45, 7) is 4.11. The molecule has 0 radical (unpaired) electrons. The average molecular weight is 260 g/mol. The lowest BCUT2D eigenvalue weighted by Crippen LogP contribution is -2.21. The Kier molecular flexibility index (Phi) is 4.25. The smallest absolute Gasteiger partial charge is 0.328 e. The van der Waals surface area contributed by atoms with Crippen LogP contribution in [0.4, 0.5) is 0 Å². The third kappa shape index (κ3) is 3.60. The molecule has 0 unspecified atom stereocenters. The van der Waals surface area contributed by atoms with Gasteiger partial charge in [0.15, 0.2) is 0 Å². The fourth-order valence-corrected chi connectivity index (χ4v) is 2.55. The van der Waals surface area contributed by atoms with Crippen LogP contribution in [0.2, 0.25) is 0 Å². The number of hydrogen-bond donors (Lipinski definition) is 1. The molecule has 0 spiro atoms. The molecule has 2 rings (SSSR count). The molecule has 3 heteroatoms. The van der Waals surface area contributed by atoms with Crippen LogP contribution in [0, 0.1) is 13.8 Å². The quantitative estimate of drug-likeness (QED) is 0.844. The molecule has 0 aliphatic heterocycles. The number of rotatable bonds is 3. The molecule has 0 saturated heterocycles. The standard InChI is InChI=1S/C16H20O3/c1-11-4-3-5-12(2)16(11)19-14-8-6-13(7-9-14)10-15(17)18/h3-5,10,14H,6-9H2,1-2H3,(H,17,18). The van der Waals surface area contributed by atoms with E-state index in [9.17, 15) is 4.79 Å². The van der Waals surface area contributed by atoms with Crippen LogP contribution in [0.25, 0.3) is 0 Å². The minimum absolute atomic E-state index is 0.200. The van der Waals surface area contributed by atoms with Crippen molar-refractivity contribution in [1.29, 1.82) is 0 Å². The molecule has 102 valence electrons. The van der Waals surface area contributed by atoms with Gasteiger partial charge >= 0.3 is 5.97 Å². The van der Waals surface area contributed by atoms with Gasteiger partial charge in [0.2, 0.25) is 0 Å². The molecule has 1 N–H and O–H groups in total. The lowest BCUT2D eigenvalue weighted by Gasteiger charge is -2.26. The van der Waals surface area contributed by atoms with E-state index in [1.54, 1.807) is 0 Å². The minimum atomic E-state index is -0.843. The fourth-order valence-electron chi connectivity index (χ4n) is 2.55. The van der Waals surface area contributed by atoms with Gasteiger partial charge in [-0.2, -0.15) is 0 Å². The van der Waals surface area contributed by atoms with Crippen molar-refractivity contribution in [3.05, 3.63) is 41.0 Å². The highest BCUT2D eigenvalue weighted by Crippen LogP contribution is 2.30. The molecule has 1 aliphatic rings. The summed E-state index contributed by atoms with van der Waals surface area (Å²) >= 11 is 0. The van der Waals surface area contributed by atoms with E-state index in [1.807, 2.05) is 6.07 Å². The fraction of sp³-hybridized carbons (Fsp3) is 0.438. The molecular weight excluding hydrogens is 240 g/mol. The van der Waals surface area contributed by atoms with Crippen LogP contribution < -0.4 is 4.74 Å². The first-order valence-electron chi connectivity index (χ1n) is 6.71. The molecule has 19 heavy (non-hydrogen) atoms. The summed E-state index contributed by atoms with van der Waals surface area (Å²) < 4.78 is 6.10. The van der Waals surface area contributed by atoms with E-state index in [0.717, 1.165) is 48.1 Å². The lowest BCUT2D eigenvalue weighted by atomic mass is 9.92. The van der Waals surface area contributed by atoms with Gasteiger partial charge in [-0.25, -0.2) is 4.79 Å². The van der Waals surface area contributed by atoms with E-state index in [1.165, 1.54) is 6.08 Å². The highest BCUT2D eigenvalue weighted by molar-refractivity contribution is 5.80. The van der Waals surface area contributed by atoms with Crippen molar-refractivity contribution < 1.29 is 14.6 Å². The molecule has 1 fully saturated rings. The van der Waals surface area contributed by atoms with Crippen LogP contribution in [0.5, 0.6) is 5.75 Å². The van der Waals surface area contributed by atoms with Gasteiger partial charge < -0.3 is 9.84 Å². The summed E-state index contributed by atoms with van der Waals surface area (Å²) in [5.41, 5.74) is 3.34. The van der Waals surface area contributed by atoms with E-state index in [-0.39, 0.29) is 6.10 Å². The lowest BCUT2D eigenvalue weighted by molar-refractivity contribution is -0.131. The van der Waals surface area contributed by atoms with Crippen molar-refractivity contribution >= 4 is 5.97 Å². The molecule has 0 heterocycles. The first kappa shape index (κ1) is 13.7. The molecular formula is C16H20O3. The number of allylic oxidation sites excluding steroid dienone is 1. The zero-order valence-corrected chi connectivity index (χ0v) is 11.5. The second-order valence-electron chi connectivity index (χ2n) is 5.18. The Bertz CT molecular complexity index is 472. The average Bonchev–Trinajstić information content (AvgIpc) is 2.35. The molecule has 0 amide bonds. The summed E-state index contributed by atoms with van der Waals surface area (Å²) in [4.78, 5) is 10.6. The second-order valence-corrected chi connectivity index (χ2v) is 5.18. The first-order valence-corrected chi connectivity index (χ1v) is 6.71. The molecule has 0 atom stereocenters. The maximum Gasteiger partial charge on any atom is 0.328 e. The summed E-state index contributed by atoms with van der Waals surface area (Å²) in [6, 6.07) is 6.15. The van der Waals surface area contributed by atoms with E-state index < -0.39 is 5.97 Å². The third-order valence-corrected chi connectivity index (χ3v) is 3.60. The number of carboxylic acids is 1. The van der Waals surface area contributed by atoms with Crippen LogP contribution in [0.1, 0.15) is 36.8 Å². The Morgan fingerprint density at radius 3 is 2.37 bits per heavy atom. The molecule has 0 aromatic heterocycles. The molecule has 1 aromatic carbocycles. The zero-order valence-electron chi connectivity index (χ0n) is 11.5. The summed E-state index contributed by atoms with van der Waals surface area (Å²) in [6.07, 6.45) is 4.98. The molecule has 1 aliphatic carbocycles. The maximum atomic E-state index is 10.6. The van der Waals surface area contributed by atoms with Crippen molar-refractivity contribution in [2.75, 3.05) is 0 Å². The molecule has 1 saturated carbocycles. The van der Waals surface area contributed by atoms with E-state index >= 15 is 0 Å². The van der Waals surface area contributed by atoms with Gasteiger partial charge in [0.05, 0.1) is 6.10 Å². The van der Waals surface area contributed by atoms with Crippen molar-refractivity contribution in [2.24, 2.45) is 0 Å². The van der Waals surface area contributed by atoms with Crippen molar-refractivity contribution in [2.45, 2.75) is 45.6 Å². The predicted octanol–water partition coefficient (Wildman–Crippen LogP) is 3.64.